The van der Waals surface area contributed by atoms with E-state index in [1.807, 2.05) is 6.07 Å². The SMILES string of the molecule is C[C@H]1CCc2cc([N+](=O)[O-])ccc2N1C1CCCCC1. The minimum Gasteiger partial charge on any atom is -0.366 e. The van der Waals surface area contributed by atoms with E-state index in [4.69, 9.17) is 0 Å². The number of hydrogen-bond acceptors (Lipinski definition) is 3. The fraction of sp³-hybridized carbons (Fsp3) is 0.625. The highest BCUT2D eigenvalue weighted by Crippen LogP contribution is 2.37. The number of nitro groups is 1. The topological polar surface area (TPSA) is 46.4 Å². The predicted molar refractivity (Wildman–Crippen MR) is 80.2 cm³/mol. The first-order valence-corrected chi connectivity index (χ1v) is 7.72. The van der Waals surface area contributed by atoms with Gasteiger partial charge in [0.25, 0.3) is 5.69 Å². The monoisotopic (exact) mass is 274 g/mol. The van der Waals surface area contributed by atoms with Crippen molar-refractivity contribution in [1.29, 1.82) is 0 Å². The highest BCUT2D eigenvalue weighted by Gasteiger charge is 2.30. The summed E-state index contributed by atoms with van der Waals surface area (Å²) < 4.78 is 0. The van der Waals surface area contributed by atoms with Crippen LogP contribution in [0, 0.1) is 10.1 Å². The molecule has 0 spiro atoms. The first kappa shape index (κ1) is 13.4. The van der Waals surface area contributed by atoms with Crippen molar-refractivity contribution in [1.82, 2.24) is 0 Å². The van der Waals surface area contributed by atoms with Gasteiger partial charge in [0.15, 0.2) is 0 Å². The van der Waals surface area contributed by atoms with Gasteiger partial charge in [0.05, 0.1) is 4.92 Å². The largest absolute Gasteiger partial charge is 0.366 e. The van der Waals surface area contributed by atoms with Gasteiger partial charge >= 0.3 is 0 Å². The van der Waals surface area contributed by atoms with Crippen LogP contribution in [-0.2, 0) is 6.42 Å². The predicted octanol–water partition coefficient (Wildman–Crippen LogP) is 4.07. The van der Waals surface area contributed by atoms with Crippen molar-refractivity contribution in [3.63, 3.8) is 0 Å². The van der Waals surface area contributed by atoms with Gasteiger partial charge in [-0.15, -0.1) is 0 Å². The molecule has 0 amide bonds. The molecule has 0 bridgehead atoms. The lowest BCUT2D eigenvalue weighted by molar-refractivity contribution is -0.384. The van der Waals surface area contributed by atoms with E-state index in [0.717, 1.165) is 18.4 Å². The molecule has 1 aromatic rings. The zero-order chi connectivity index (χ0) is 14.1. The lowest BCUT2D eigenvalue weighted by atomic mass is 9.88. The Morgan fingerprint density at radius 3 is 2.65 bits per heavy atom. The summed E-state index contributed by atoms with van der Waals surface area (Å²) in [6, 6.07) is 6.58. The summed E-state index contributed by atoms with van der Waals surface area (Å²) in [5.41, 5.74) is 2.62. The molecule has 1 fully saturated rings. The maximum absolute atomic E-state index is 10.9. The average Bonchev–Trinajstić information content (AvgIpc) is 2.47. The molecule has 4 heteroatoms. The van der Waals surface area contributed by atoms with E-state index in [1.165, 1.54) is 37.8 Å². The molecule has 0 N–H and O–H groups in total. The molecule has 1 heterocycles. The standard InChI is InChI=1S/C16H22N2O2/c1-12-7-8-13-11-15(18(19)20)9-10-16(13)17(12)14-5-3-2-4-6-14/h9-12,14H,2-8H2,1H3/t12-/m0/s1. The van der Waals surface area contributed by atoms with Crippen molar-refractivity contribution in [2.45, 2.75) is 64.0 Å². The van der Waals surface area contributed by atoms with Crippen molar-refractivity contribution in [2.75, 3.05) is 4.90 Å². The van der Waals surface area contributed by atoms with Crippen LogP contribution in [0.4, 0.5) is 11.4 Å². The van der Waals surface area contributed by atoms with Crippen molar-refractivity contribution in [3.8, 4) is 0 Å². The second kappa shape index (κ2) is 5.43. The Labute approximate surface area is 119 Å². The third-order valence-corrected chi connectivity index (χ3v) is 4.83. The zero-order valence-electron chi connectivity index (χ0n) is 12.0. The van der Waals surface area contributed by atoms with E-state index in [-0.39, 0.29) is 10.6 Å². The molecule has 2 aliphatic rings. The van der Waals surface area contributed by atoms with E-state index in [2.05, 4.69) is 11.8 Å². The Morgan fingerprint density at radius 2 is 1.95 bits per heavy atom. The second-order valence-electron chi connectivity index (χ2n) is 6.16. The van der Waals surface area contributed by atoms with Gasteiger partial charge in [-0.1, -0.05) is 19.3 Å². The van der Waals surface area contributed by atoms with E-state index in [0.29, 0.717) is 12.1 Å². The normalized spacial score (nSPS) is 23.4. The maximum Gasteiger partial charge on any atom is 0.269 e. The lowest BCUT2D eigenvalue weighted by Crippen LogP contribution is -2.45. The van der Waals surface area contributed by atoms with Crippen LogP contribution in [-0.4, -0.2) is 17.0 Å². The molecular weight excluding hydrogens is 252 g/mol. The number of benzene rings is 1. The van der Waals surface area contributed by atoms with Gasteiger partial charge in [0, 0.05) is 29.9 Å². The molecule has 0 saturated heterocycles. The Kier molecular flexibility index (Phi) is 3.64. The highest BCUT2D eigenvalue weighted by molar-refractivity contribution is 5.60. The number of hydrogen-bond donors (Lipinski definition) is 0. The van der Waals surface area contributed by atoms with Crippen LogP contribution in [0.2, 0.25) is 0 Å². The summed E-state index contributed by atoms with van der Waals surface area (Å²) in [5.74, 6) is 0. The van der Waals surface area contributed by atoms with Crippen molar-refractivity contribution in [3.05, 3.63) is 33.9 Å². The molecule has 1 aliphatic carbocycles. The molecule has 1 saturated carbocycles. The number of rotatable bonds is 2. The summed E-state index contributed by atoms with van der Waals surface area (Å²) in [6.07, 6.45) is 8.58. The van der Waals surface area contributed by atoms with Gasteiger partial charge in [0.1, 0.15) is 0 Å². The summed E-state index contributed by atoms with van der Waals surface area (Å²) in [7, 11) is 0. The number of nitro benzene ring substituents is 1. The molecular formula is C16H22N2O2. The summed E-state index contributed by atoms with van der Waals surface area (Å²) >= 11 is 0. The molecule has 1 aliphatic heterocycles. The second-order valence-corrected chi connectivity index (χ2v) is 6.16. The van der Waals surface area contributed by atoms with Crippen LogP contribution < -0.4 is 4.90 Å². The highest BCUT2D eigenvalue weighted by atomic mass is 16.6. The zero-order valence-corrected chi connectivity index (χ0v) is 12.0. The molecule has 1 atom stereocenters. The van der Waals surface area contributed by atoms with E-state index in [1.54, 1.807) is 12.1 Å². The number of anilines is 1. The van der Waals surface area contributed by atoms with Gasteiger partial charge < -0.3 is 4.90 Å². The quantitative estimate of drug-likeness (QED) is 0.603. The van der Waals surface area contributed by atoms with Crippen LogP contribution in [0.15, 0.2) is 18.2 Å². The number of nitrogens with zero attached hydrogens (tertiary/aromatic N) is 2. The van der Waals surface area contributed by atoms with Crippen molar-refractivity contribution < 1.29 is 4.92 Å². The first-order chi connectivity index (χ1) is 9.66. The number of non-ortho nitro benzene ring substituents is 1. The van der Waals surface area contributed by atoms with Crippen LogP contribution in [0.5, 0.6) is 0 Å². The lowest BCUT2D eigenvalue weighted by Gasteiger charge is -2.44. The molecule has 0 radical (unpaired) electrons. The van der Waals surface area contributed by atoms with Crippen LogP contribution in [0.25, 0.3) is 0 Å². The number of aryl methyl sites for hydroxylation is 1. The molecule has 108 valence electrons. The van der Waals surface area contributed by atoms with Gasteiger partial charge in [0.2, 0.25) is 0 Å². The smallest absolute Gasteiger partial charge is 0.269 e. The van der Waals surface area contributed by atoms with Gasteiger partial charge in [-0.2, -0.15) is 0 Å². The fourth-order valence-corrected chi connectivity index (χ4v) is 3.79. The van der Waals surface area contributed by atoms with Crippen molar-refractivity contribution in [2.24, 2.45) is 0 Å². The molecule has 0 aromatic heterocycles. The minimum absolute atomic E-state index is 0.224. The van der Waals surface area contributed by atoms with Crippen LogP contribution in [0.1, 0.15) is 51.0 Å². The molecule has 0 unspecified atom stereocenters. The summed E-state index contributed by atoms with van der Waals surface area (Å²) in [4.78, 5) is 13.2. The van der Waals surface area contributed by atoms with E-state index < -0.39 is 0 Å². The maximum atomic E-state index is 10.9. The van der Waals surface area contributed by atoms with Crippen LogP contribution in [0.3, 0.4) is 0 Å². The molecule has 3 rings (SSSR count). The van der Waals surface area contributed by atoms with Gasteiger partial charge in [-0.3, -0.25) is 10.1 Å². The minimum atomic E-state index is -0.288. The fourth-order valence-electron chi connectivity index (χ4n) is 3.79. The van der Waals surface area contributed by atoms with Gasteiger partial charge in [-0.25, -0.2) is 0 Å². The number of fused-ring (bicyclic) bond motifs is 1. The molecule has 4 nitrogen and oxygen atoms in total. The van der Waals surface area contributed by atoms with Gasteiger partial charge in [-0.05, 0) is 44.2 Å². The Hall–Kier alpha value is -1.58. The first-order valence-electron chi connectivity index (χ1n) is 7.72. The third kappa shape index (κ3) is 2.39. The Morgan fingerprint density at radius 1 is 1.20 bits per heavy atom. The molecule has 20 heavy (non-hydrogen) atoms. The van der Waals surface area contributed by atoms with E-state index >= 15 is 0 Å². The summed E-state index contributed by atoms with van der Waals surface area (Å²) in [6.45, 7) is 2.29. The molecule has 1 aromatic carbocycles. The van der Waals surface area contributed by atoms with Crippen LogP contribution >= 0.6 is 0 Å². The van der Waals surface area contributed by atoms with Crippen molar-refractivity contribution >= 4 is 11.4 Å². The average molecular weight is 274 g/mol. The third-order valence-electron chi connectivity index (χ3n) is 4.83. The Bertz CT molecular complexity index is 509. The van der Waals surface area contributed by atoms with E-state index in [9.17, 15) is 10.1 Å². The summed E-state index contributed by atoms with van der Waals surface area (Å²) in [5, 5.41) is 10.9. The Balaban J connectivity index is 1.94.